The summed E-state index contributed by atoms with van der Waals surface area (Å²) in [5, 5.41) is 0. The first-order valence-electron chi connectivity index (χ1n) is 0. The van der Waals surface area contributed by atoms with E-state index in [1.54, 1.807) is 0 Å². The van der Waals surface area contributed by atoms with Gasteiger partial charge in [-0.25, -0.2) is 0 Å². The summed E-state index contributed by atoms with van der Waals surface area (Å²) < 4.78 is 0. The van der Waals surface area contributed by atoms with Gasteiger partial charge < -0.3 is 0 Å². The molecule has 0 aromatic carbocycles. The zero-order valence-corrected chi connectivity index (χ0v) is 10.6. The van der Waals surface area contributed by atoms with Gasteiger partial charge in [-0.15, -0.1) is 0 Å². The fraction of sp³-hybridized carbons (Fsp3) is 0. The van der Waals surface area contributed by atoms with Crippen LogP contribution >= 0.6 is 0 Å². The van der Waals surface area contributed by atoms with Crippen LogP contribution in [0.2, 0.25) is 0 Å². The predicted molar refractivity (Wildman–Crippen MR) is 17.3 cm³/mol. The minimum absolute atomic E-state index is 0. The van der Waals surface area contributed by atoms with E-state index in [0.717, 1.165) is 0 Å². The van der Waals surface area contributed by atoms with Crippen molar-refractivity contribution < 1.29 is 20.4 Å². The third-order valence-electron chi connectivity index (χ3n) is 0. The van der Waals surface area contributed by atoms with E-state index >= 15 is 0 Å². The molecule has 0 aromatic rings. The molecular formula is GePdSnTe. The first kappa shape index (κ1) is 29.2. The minimum atomic E-state index is 0. The average molecular weight is 425 g/mol. The topological polar surface area (TPSA) is 0 Å². The van der Waals surface area contributed by atoms with E-state index < -0.39 is 0 Å². The van der Waals surface area contributed by atoms with Gasteiger partial charge in [-0.1, -0.05) is 0 Å². The van der Waals surface area contributed by atoms with Crippen LogP contribution in [0.25, 0.3) is 0 Å². The third kappa shape index (κ3) is 8.84. The Hall–Kier alpha value is 2.79. The molecule has 0 nitrogen and oxygen atoms in total. The van der Waals surface area contributed by atoms with E-state index in [-0.39, 0.29) is 85.6 Å². The second-order valence-electron chi connectivity index (χ2n) is 0. The summed E-state index contributed by atoms with van der Waals surface area (Å²) in [6.45, 7) is 0. The van der Waals surface area contributed by atoms with Gasteiger partial charge in [0, 0.05) is 85.6 Å². The van der Waals surface area contributed by atoms with Crippen LogP contribution < -0.4 is 0 Å². The Kier molecular flexibility index (Phi) is 125. The zero-order valence-electron chi connectivity index (χ0n) is 1.72. The van der Waals surface area contributed by atoms with Gasteiger partial charge in [0.15, 0.2) is 0 Å². The van der Waals surface area contributed by atoms with Crippen molar-refractivity contribution in [2.75, 3.05) is 0 Å². The van der Waals surface area contributed by atoms with E-state index in [2.05, 4.69) is 0 Å². The Labute approximate surface area is 84.2 Å². The molecule has 0 atom stereocenters. The summed E-state index contributed by atoms with van der Waals surface area (Å²) in [5.74, 6) is 0. The molecule has 0 N–H and O–H groups in total. The fourth-order valence-electron chi connectivity index (χ4n) is 0. The largest absolute Gasteiger partial charge is 0 e. The van der Waals surface area contributed by atoms with Crippen molar-refractivity contribution in [2.45, 2.75) is 0 Å². The number of rotatable bonds is 0. The molecule has 0 spiro atoms. The van der Waals surface area contributed by atoms with Crippen molar-refractivity contribution in [1.82, 2.24) is 0 Å². The second kappa shape index (κ2) is 17.1. The standard InChI is InChI=1S/Ge.Pd.Sn.Te. The zero-order chi connectivity index (χ0) is 0. The van der Waals surface area contributed by atoms with E-state index in [0.29, 0.717) is 0 Å². The summed E-state index contributed by atoms with van der Waals surface area (Å²) in [6.07, 6.45) is 0. The van der Waals surface area contributed by atoms with Gasteiger partial charge in [-0.05, 0) is 0 Å². The van der Waals surface area contributed by atoms with Gasteiger partial charge in [0.1, 0.15) is 0 Å². The first-order chi connectivity index (χ1) is 0. The fourth-order valence-corrected chi connectivity index (χ4v) is 0. The first-order valence-corrected chi connectivity index (χ1v) is 0. The van der Waals surface area contributed by atoms with E-state index in [1.165, 1.54) is 0 Å². The number of hydrogen-bond donors (Lipinski definition) is 0. The second-order valence-corrected chi connectivity index (χ2v) is 0. The summed E-state index contributed by atoms with van der Waals surface area (Å²) in [6, 6.07) is 0. The molecule has 0 amide bonds. The molecule has 10 radical (unpaired) electrons. The SMILES string of the molecule is [Ge].[Pd].[Sn].[Te]. The van der Waals surface area contributed by atoms with Crippen LogP contribution in [0.15, 0.2) is 0 Å². The van der Waals surface area contributed by atoms with Crippen molar-refractivity contribution in [3.05, 3.63) is 0 Å². The smallest absolute Gasteiger partial charge is 0 e. The molecule has 0 heterocycles. The Morgan fingerprint density at radius 2 is 1.00 bits per heavy atom. The molecule has 0 unspecified atom stereocenters. The molecule has 4 heteroatoms. The molecule has 0 aliphatic rings. The quantitative estimate of drug-likeness (QED) is 0.431. The van der Waals surface area contributed by atoms with Crippen molar-refractivity contribution in [3.8, 4) is 0 Å². The maximum absolute atomic E-state index is 0. The molecule has 4 heavy (non-hydrogen) atoms. The molecule has 0 rings (SSSR count). The van der Waals surface area contributed by atoms with Gasteiger partial charge in [-0.2, -0.15) is 0 Å². The molecule has 0 bridgehead atoms. The molecule has 0 aliphatic carbocycles. The van der Waals surface area contributed by atoms with Crippen LogP contribution in [0, 0.1) is 0 Å². The average Bonchev–Trinajstić information content (AvgIpc) is 0. The van der Waals surface area contributed by atoms with Crippen LogP contribution in [0.3, 0.4) is 0 Å². The van der Waals surface area contributed by atoms with E-state index in [1.807, 2.05) is 0 Å². The van der Waals surface area contributed by atoms with E-state index in [9.17, 15) is 0 Å². The van der Waals surface area contributed by atoms with Gasteiger partial charge >= 0.3 is 0 Å². The molecule has 24 valence electrons. The van der Waals surface area contributed by atoms with Gasteiger partial charge in [0.05, 0.1) is 0 Å². The summed E-state index contributed by atoms with van der Waals surface area (Å²) in [7, 11) is 0. The van der Waals surface area contributed by atoms with Crippen LogP contribution in [-0.4, -0.2) is 65.2 Å². The molecule has 0 aliphatic heterocycles. The predicted octanol–water partition coefficient (Wildman–Crippen LogP) is -1.14. The van der Waals surface area contributed by atoms with Crippen LogP contribution in [0.4, 0.5) is 0 Å². The van der Waals surface area contributed by atoms with Crippen molar-refractivity contribution >= 4 is 65.2 Å². The Morgan fingerprint density at radius 1 is 1.00 bits per heavy atom. The summed E-state index contributed by atoms with van der Waals surface area (Å²) >= 11 is 0. The monoisotopic (exact) mass is 430 g/mol. The van der Waals surface area contributed by atoms with Crippen molar-refractivity contribution in [3.63, 3.8) is 0 Å². The van der Waals surface area contributed by atoms with E-state index in [4.69, 9.17) is 0 Å². The normalized spacial score (nSPS) is 0. The molecule has 0 saturated carbocycles. The Bertz CT molecular complexity index is 8.00. The van der Waals surface area contributed by atoms with Gasteiger partial charge in [-0.3, -0.25) is 0 Å². The van der Waals surface area contributed by atoms with Crippen LogP contribution in [0.5, 0.6) is 0 Å². The molecule has 0 aromatic heterocycles. The maximum Gasteiger partial charge on any atom is 0 e. The molecular weight excluding hydrogens is 425 g/mol. The molecule has 0 fully saturated rings. The molecule has 0 saturated heterocycles. The Balaban J connectivity index is 0. The number of hydrogen-bond acceptors (Lipinski definition) is 0. The third-order valence-corrected chi connectivity index (χ3v) is 0. The Morgan fingerprint density at radius 3 is 1.00 bits per heavy atom. The summed E-state index contributed by atoms with van der Waals surface area (Å²) in [5.41, 5.74) is 0. The summed E-state index contributed by atoms with van der Waals surface area (Å²) in [4.78, 5) is 0. The van der Waals surface area contributed by atoms with Crippen LogP contribution in [0.1, 0.15) is 0 Å². The maximum atomic E-state index is 0. The van der Waals surface area contributed by atoms with Gasteiger partial charge in [0.2, 0.25) is 0 Å². The van der Waals surface area contributed by atoms with Crippen molar-refractivity contribution in [2.24, 2.45) is 0 Å². The van der Waals surface area contributed by atoms with Crippen molar-refractivity contribution in [1.29, 1.82) is 0 Å². The van der Waals surface area contributed by atoms with Gasteiger partial charge in [0.25, 0.3) is 0 Å². The van der Waals surface area contributed by atoms with Crippen LogP contribution in [-0.2, 0) is 20.4 Å². The minimum Gasteiger partial charge on any atom is 0 e.